The van der Waals surface area contributed by atoms with E-state index < -0.39 is 0 Å². The summed E-state index contributed by atoms with van der Waals surface area (Å²) >= 11 is 0. The predicted molar refractivity (Wildman–Crippen MR) is 40.6 cm³/mol. The lowest BCUT2D eigenvalue weighted by molar-refractivity contribution is 0.138. The fourth-order valence-corrected chi connectivity index (χ4v) is 2.27. The van der Waals surface area contributed by atoms with Crippen LogP contribution in [0.25, 0.3) is 0 Å². The summed E-state index contributed by atoms with van der Waals surface area (Å²) in [5.74, 6) is 1.31. The molecule has 0 unspecified atom stereocenters. The van der Waals surface area contributed by atoms with Gasteiger partial charge in [0.1, 0.15) is 0 Å². The first-order valence-corrected chi connectivity index (χ1v) is 4.22. The molecule has 0 bridgehead atoms. The highest BCUT2D eigenvalue weighted by molar-refractivity contribution is 5.03. The van der Waals surface area contributed by atoms with Gasteiger partial charge in [-0.1, -0.05) is 12.2 Å². The van der Waals surface area contributed by atoms with Gasteiger partial charge in [-0.2, -0.15) is 0 Å². The van der Waals surface area contributed by atoms with Crippen LogP contribution >= 0.6 is 0 Å². The summed E-state index contributed by atoms with van der Waals surface area (Å²) < 4.78 is 0. The lowest BCUT2D eigenvalue weighted by Crippen LogP contribution is -2.18. The molecule has 0 saturated heterocycles. The summed E-state index contributed by atoms with van der Waals surface area (Å²) in [6.45, 7) is 0. The number of aliphatic hydroxyl groups excluding tert-OH is 1. The average Bonchev–Trinajstić information content (AvgIpc) is 2.34. The SMILES string of the molecule is O[C@H]1CC[C@@H]2CCC=C[C@@H]21. The minimum atomic E-state index is -0.0263. The van der Waals surface area contributed by atoms with E-state index in [0.717, 1.165) is 12.3 Å². The second kappa shape index (κ2) is 2.39. The van der Waals surface area contributed by atoms with Gasteiger partial charge in [0, 0.05) is 5.92 Å². The van der Waals surface area contributed by atoms with E-state index >= 15 is 0 Å². The molecule has 0 aliphatic heterocycles. The number of allylic oxidation sites excluding steroid dienone is 1. The Morgan fingerprint density at radius 2 is 2.10 bits per heavy atom. The molecule has 1 saturated carbocycles. The van der Waals surface area contributed by atoms with Crippen molar-refractivity contribution < 1.29 is 5.11 Å². The normalized spacial score (nSPS) is 45.5. The molecule has 10 heavy (non-hydrogen) atoms. The predicted octanol–water partition coefficient (Wildman–Crippen LogP) is 1.72. The maximum absolute atomic E-state index is 9.47. The first-order chi connectivity index (χ1) is 4.88. The van der Waals surface area contributed by atoms with Gasteiger partial charge in [-0.3, -0.25) is 0 Å². The van der Waals surface area contributed by atoms with Crippen molar-refractivity contribution in [3.8, 4) is 0 Å². The maximum Gasteiger partial charge on any atom is 0.0605 e. The Kier molecular flexibility index (Phi) is 1.53. The van der Waals surface area contributed by atoms with Crippen molar-refractivity contribution in [3.63, 3.8) is 0 Å². The van der Waals surface area contributed by atoms with E-state index in [4.69, 9.17) is 0 Å². The third-order valence-electron chi connectivity index (χ3n) is 2.88. The molecule has 56 valence electrons. The number of aliphatic hydroxyl groups is 1. The molecule has 1 fully saturated rings. The van der Waals surface area contributed by atoms with Gasteiger partial charge in [0.15, 0.2) is 0 Å². The highest BCUT2D eigenvalue weighted by Gasteiger charge is 2.33. The smallest absolute Gasteiger partial charge is 0.0605 e. The summed E-state index contributed by atoms with van der Waals surface area (Å²) in [7, 11) is 0. The van der Waals surface area contributed by atoms with E-state index in [1.807, 2.05) is 0 Å². The number of rotatable bonds is 0. The quantitative estimate of drug-likeness (QED) is 0.505. The summed E-state index contributed by atoms with van der Waals surface area (Å²) in [6.07, 6.45) is 9.21. The van der Waals surface area contributed by atoms with Gasteiger partial charge in [-0.15, -0.1) is 0 Å². The van der Waals surface area contributed by atoms with E-state index in [1.165, 1.54) is 19.3 Å². The molecular weight excluding hydrogens is 124 g/mol. The van der Waals surface area contributed by atoms with E-state index in [-0.39, 0.29) is 6.10 Å². The summed E-state index contributed by atoms with van der Waals surface area (Å²) in [4.78, 5) is 0. The van der Waals surface area contributed by atoms with Crippen LogP contribution in [0.4, 0.5) is 0 Å². The number of hydrogen-bond donors (Lipinski definition) is 1. The zero-order valence-electron chi connectivity index (χ0n) is 6.16. The van der Waals surface area contributed by atoms with E-state index in [1.54, 1.807) is 0 Å². The molecule has 0 radical (unpaired) electrons. The first-order valence-electron chi connectivity index (χ1n) is 4.22. The first kappa shape index (κ1) is 6.41. The molecule has 0 spiro atoms. The van der Waals surface area contributed by atoms with Crippen molar-refractivity contribution in [1.82, 2.24) is 0 Å². The Bertz CT molecular complexity index is 151. The van der Waals surface area contributed by atoms with Gasteiger partial charge >= 0.3 is 0 Å². The minimum absolute atomic E-state index is 0.0263. The molecule has 0 aromatic carbocycles. The average molecular weight is 138 g/mol. The minimum Gasteiger partial charge on any atom is -0.393 e. The van der Waals surface area contributed by atoms with E-state index in [9.17, 15) is 5.11 Å². The topological polar surface area (TPSA) is 20.2 Å². The van der Waals surface area contributed by atoms with E-state index in [2.05, 4.69) is 12.2 Å². The second-order valence-corrected chi connectivity index (χ2v) is 3.49. The molecule has 3 atom stereocenters. The van der Waals surface area contributed by atoms with E-state index in [0.29, 0.717) is 5.92 Å². The largest absolute Gasteiger partial charge is 0.393 e. The lowest BCUT2D eigenvalue weighted by Gasteiger charge is -2.21. The summed E-state index contributed by atoms with van der Waals surface area (Å²) in [5.41, 5.74) is 0. The molecule has 2 aliphatic carbocycles. The Morgan fingerprint density at radius 1 is 1.20 bits per heavy atom. The zero-order chi connectivity index (χ0) is 6.97. The molecular formula is C9H14O. The zero-order valence-corrected chi connectivity index (χ0v) is 6.16. The molecule has 1 heteroatoms. The fraction of sp³-hybridized carbons (Fsp3) is 0.778. The fourth-order valence-electron chi connectivity index (χ4n) is 2.27. The van der Waals surface area contributed by atoms with Crippen LogP contribution in [0.15, 0.2) is 12.2 Å². The van der Waals surface area contributed by atoms with Gasteiger partial charge < -0.3 is 5.11 Å². The monoisotopic (exact) mass is 138 g/mol. The third kappa shape index (κ3) is 0.891. The Morgan fingerprint density at radius 3 is 2.90 bits per heavy atom. The molecule has 0 aromatic heterocycles. The Hall–Kier alpha value is -0.300. The molecule has 1 nitrogen and oxygen atoms in total. The van der Waals surface area contributed by atoms with Gasteiger partial charge in [0.05, 0.1) is 6.10 Å². The summed E-state index contributed by atoms with van der Waals surface area (Å²) in [5, 5.41) is 9.47. The highest BCUT2D eigenvalue weighted by atomic mass is 16.3. The van der Waals surface area contributed by atoms with Gasteiger partial charge in [-0.05, 0) is 31.6 Å². The van der Waals surface area contributed by atoms with Crippen LogP contribution in [0.3, 0.4) is 0 Å². The lowest BCUT2D eigenvalue weighted by atomic mass is 9.86. The van der Waals surface area contributed by atoms with Crippen molar-refractivity contribution in [1.29, 1.82) is 0 Å². The molecule has 2 rings (SSSR count). The van der Waals surface area contributed by atoms with Crippen LogP contribution < -0.4 is 0 Å². The van der Waals surface area contributed by atoms with Crippen molar-refractivity contribution in [2.45, 2.75) is 31.8 Å². The third-order valence-corrected chi connectivity index (χ3v) is 2.88. The van der Waals surface area contributed by atoms with Crippen LogP contribution in [-0.2, 0) is 0 Å². The van der Waals surface area contributed by atoms with Crippen LogP contribution in [0.1, 0.15) is 25.7 Å². The number of fused-ring (bicyclic) bond motifs is 1. The van der Waals surface area contributed by atoms with Crippen molar-refractivity contribution >= 4 is 0 Å². The van der Waals surface area contributed by atoms with Crippen LogP contribution in [0, 0.1) is 11.8 Å². The van der Waals surface area contributed by atoms with Crippen molar-refractivity contribution in [2.24, 2.45) is 11.8 Å². The highest BCUT2D eigenvalue weighted by Crippen LogP contribution is 2.38. The molecule has 2 aliphatic rings. The Labute approximate surface area is 61.8 Å². The molecule has 0 aromatic rings. The van der Waals surface area contributed by atoms with Crippen molar-refractivity contribution in [3.05, 3.63) is 12.2 Å². The maximum atomic E-state index is 9.47. The van der Waals surface area contributed by atoms with Crippen LogP contribution in [-0.4, -0.2) is 11.2 Å². The van der Waals surface area contributed by atoms with Crippen molar-refractivity contribution in [2.75, 3.05) is 0 Å². The summed E-state index contributed by atoms with van der Waals surface area (Å²) in [6, 6.07) is 0. The second-order valence-electron chi connectivity index (χ2n) is 3.49. The number of hydrogen-bond acceptors (Lipinski definition) is 1. The van der Waals surface area contributed by atoms with Gasteiger partial charge in [-0.25, -0.2) is 0 Å². The molecule has 0 heterocycles. The van der Waals surface area contributed by atoms with Crippen LogP contribution in [0.2, 0.25) is 0 Å². The van der Waals surface area contributed by atoms with Gasteiger partial charge in [0.2, 0.25) is 0 Å². The van der Waals surface area contributed by atoms with Gasteiger partial charge in [0.25, 0.3) is 0 Å². The Balaban J connectivity index is 2.13. The standard InChI is InChI=1S/C9H14O/c10-9-6-5-7-3-1-2-4-8(7)9/h2,4,7-10H,1,3,5-6H2/t7-,8-,9-/m0/s1. The molecule has 1 N–H and O–H groups in total. The molecule has 0 amide bonds. The van der Waals surface area contributed by atoms with Crippen LogP contribution in [0.5, 0.6) is 0 Å².